The van der Waals surface area contributed by atoms with Gasteiger partial charge in [0.1, 0.15) is 18.7 Å². The normalized spacial score (nSPS) is 25.6. The molecule has 0 aromatic carbocycles. The number of hydrogen-bond acceptors (Lipinski definition) is 7. The number of carbonyl (C=O) groups is 3. The summed E-state index contributed by atoms with van der Waals surface area (Å²) in [6.45, 7) is 5.85. The Balaban J connectivity index is 1.36. The zero-order chi connectivity index (χ0) is 21.5. The molecule has 2 aromatic heterocycles. The summed E-state index contributed by atoms with van der Waals surface area (Å²) in [5.74, 6) is -0.0335. The number of carbonyl (C=O) groups excluding carboxylic acids is 3. The second kappa shape index (κ2) is 7.54. The Hall–Kier alpha value is -2.68. The fraction of sp³-hybridized carbons (Fsp3) is 0.524. The molecular weight excluding hydrogens is 406 g/mol. The molecule has 1 saturated carbocycles. The molecule has 0 radical (unpaired) electrons. The van der Waals surface area contributed by atoms with Crippen molar-refractivity contribution < 1.29 is 23.5 Å². The molecule has 0 bridgehead atoms. The average Bonchev–Trinajstić information content (AvgIpc) is 3.36. The molecule has 2 aromatic rings. The van der Waals surface area contributed by atoms with E-state index in [1.54, 1.807) is 23.8 Å². The Morgan fingerprint density at radius 2 is 2.20 bits per heavy atom. The molecule has 2 aliphatic rings. The summed E-state index contributed by atoms with van der Waals surface area (Å²) in [6.07, 6.45) is 3.71. The minimum Gasteiger partial charge on any atom is -0.462 e. The highest BCUT2D eigenvalue weighted by Gasteiger charge is 2.56. The maximum Gasteiger partial charge on any atom is 0.326 e. The van der Waals surface area contributed by atoms with Gasteiger partial charge in [-0.1, -0.05) is 20.8 Å². The molecule has 2 fully saturated rings. The highest BCUT2D eigenvalue weighted by atomic mass is 32.1. The lowest BCUT2D eigenvalue weighted by molar-refractivity contribution is -0.149. The molecule has 30 heavy (non-hydrogen) atoms. The van der Waals surface area contributed by atoms with Gasteiger partial charge in [-0.2, -0.15) is 0 Å². The van der Waals surface area contributed by atoms with Crippen LogP contribution in [-0.2, 0) is 20.9 Å². The second-order valence-corrected chi connectivity index (χ2v) is 9.90. The molecule has 1 aliphatic carbocycles. The fourth-order valence-electron chi connectivity index (χ4n) is 4.87. The van der Waals surface area contributed by atoms with Gasteiger partial charge in [-0.05, 0) is 42.7 Å². The Morgan fingerprint density at radius 1 is 1.40 bits per heavy atom. The van der Waals surface area contributed by atoms with Gasteiger partial charge < -0.3 is 14.5 Å². The molecule has 1 saturated heterocycles. The zero-order valence-electron chi connectivity index (χ0n) is 17.3. The highest BCUT2D eigenvalue weighted by Crippen LogP contribution is 2.46. The molecule has 8 nitrogen and oxygen atoms in total. The maximum atomic E-state index is 13.1. The van der Waals surface area contributed by atoms with Crippen molar-refractivity contribution in [3.05, 3.63) is 29.5 Å². The number of amides is 3. The summed E-state index contributed by atoms with van der Waals surface area (Å²) >= 11 is 1.38. The van der Waals surface area contributed by atoms with E-state index < -0.39 is 24.1 Å². The van der Waals surface area contributed by atoms with Gasteiger partial charge in [0.15, 0.2) is 10.8 Å². The Kier molecular flexibility index (Phi) is 5.17. The highest BCUT2D eigenvalue weighted by molar-refractivity contribution is 7.13. The molecule has 1 spiro atoms. The van der Waals surface area contributed by atoms with E-state index in [0.29, 0.717) is 35.2 Å². The minimum absolute atomic E-state index is 0.0328. The van der Waals surface area contributed by atoms with Crippen molar-refractivity contribution in [2.24, 2.45) is 11.3 Å². The molecule has 1 N–H and O–H groups in total. The number of nitrogens with one attached hydrogen (secondary N) is 1. The third-order valence-electron chi connectivity index (χ3n) is 5.58. The second-order valence-electron chi connectivity index (χ2n) is 9.04. The quantitative estimate of drug-likeness (QED) is 0.573. The SMILES string of the molecule is CC1CC(C)(C)CC2(C1)NC(=O)N(CC(=O)OCc1csc(-c3ccco3)n1)C2=O. The van der Waals surface area contributed by atoms with Crippen LogP contribution in [0.1, 0.15) is 45.7 Å². The smallest absolute Gasteiger partial charge is 0.326 e. The zero-order valence-corrected chi connectivity index (χ0v) is 18.1. The monoisotopic (exact) mass is 431 g/mol. The number of thiazole rings is 1. The van der Waals surface area contributed by atoms with Crippen molar-refractivity contribution in [1.82, 2.24) is 15.2 Å². The van der Waals surface area contributed by atoms with Crippen LogP contribution in [0.25, 0.3) is 10.8 Å². The molecule has 3 amide bonds. The molecule has 2 unspecified atom stereocenters. The Bertz CT molecular complexity index is 967. The van der Waals surface area contributed by atoms with Crippen LogP contribution in [0.5, 0.6) is 0 Å². The topological polar surface area (TPSA) is 102 Å². The Morgan fingerprint density at radius 3 is 2.90 bits per heavy atom. The third kappa shape index (κ3) is 3.98. The first-order valence-electron chi connectivity index (χ1n) is 9.95. The summed E-state index contributed by atoms with van der Waals surface area (Å²) in [5.41, 5.74) is -0.407. The van der Waals surface area contributed by atoms with Gasteiger partial charge in [0.25, 0.3) is 5.91 Å². The molecule has 4 rings (SSSR count). The van der Waals surface area contributed by atoms with Crippen LogP contribution in [0, 0.1) is 11.3 Å². The van der Waals surface area contributed by atoms with E-state index in [-0.39, 0.29) is 17.9 Å². The standard InChI is InChI=1S/C21H25N3O5S/c1-13-7-20(2,3)12-21(8-13)18(26)24(19(27)23-21)9-16(25)29-10-14-11-30-17(22-14)15-5-4-6-28-15/h4-6,11,13H,7-10,12H2,1-3H3,(H,23,27). The van der Waals surface area contributed by atoms with Crippen LogP contribution in [0.15, 0.2) is 28.2 Å². The van der Waals surface area contributed by atoms with Crippen LogP contribution in [0.3, 0.4) is 0 Å². The van der Waals surface area contributed by atoms with Crippen molar-refractivity contribution in [3.63, 3.8) is 0 Å². The number of rotatable bonds is 5. The minimum atomic E-state index is -0.925. The van der Waals surface area contributed by atoms with Crippen molar-refractivity contribution in [1.29, 1.82) is 0 Å². The van der Waals surface area contributed by atoms with Crippen molar-refractivity contribution in [2.75, 3.05) is 6.54 Å². The van der Waals surface area contributed by atoms with Crippen LogP contribution in [0.4, 0.5) is 4.79 Å². The lowest BCUT2D eigenvalue weighted by Gasteiger charge is -2.43. The van der Waals surface area contributed by atoms with Gasteiger partial charge in [-0.25, -0.2) is 9.78 Å². The van der Waals surface area contributed by atoms with Crippen molar-refractivity contribution in [2.45, 2.75) is 52.2 Å². The largest absolute Gasteiger partial charge is 0.462 e. The summed E-state index contributed by atoms with van der Waals surface area (Å²) in [6, 6.07) is 3.04. The number of nitrogens with zero attached hydrogens (tertiary/aromatic N) is 2. The molecule has 2 atom stereocenters. The number of hydrogen-bond donors (Lipinski definition) is 1. The van der Waals surface area contributed by atoms with E-state index in [4.69, 9.17) is 9.15 Å². The molecular formula is C21H25N3O5S. The van der Waals surface area contributed by atoms with Gasteiger partial charge in [0.2, 0.25) is 0 Å². The molecule has 3 heterocycles. The van der Waals surface area contributed by atoms with E-state index >= 15 is 0 Å². The van der Waals surface area contributed by atoms with Crippen LogP contribution in [0.2, 0.25) is 0 Å². The van der Waals surface area contributed by atoms with E-state index in [0.717, 1.165) is 11.3 Å². The van der Waals surface area contributed by atoms with E-state index in [2.05, 4.69) is 31.1 Å². The number of ether oxygens (including phenoxy) is 1. The number of aromatic nitrogens is 1. The van der Waals surface area contributed by atoms with Crippen molar-refractivity contribution >= 4 is 29.2 Å². The predicted octanol–water partition coefficient (Wildman–Crippen LogP) is 3.58. The van der Waals surface area contributed by atoms with Gasteiger partial charge in [0.05, 0.1) is 12.0 Å². The molecule has 160 valence electrons. The summed E-state index contributed by atoms with van der Waals surface area (Å²) in [5, 5.41) is 5.33. The van der Waals surface area contributed by atoms with Gasteiger partial charge >= 0.3 is 12.0 Å². The van der Waals surface area contributed by atoms with Crippen molar-refractivity contribution in [3.8, 4) is 10.8 Å². The first-order chi connectivity index (χ1) is 14.2. The van der Waals surface area contributed by atoms with Gasteiger partial charge in [-0.3, -0.25) is 14.5 Å². The van der Waals surface area contributed by atoms with Crippen LogP contribution >= 0.6 is 11.3 Å². The number of esters is 1. The third-order valence-corrected chi connectivity index (χ3v) is 6.48. The summed E-state index contributed by atoms with van der Waals surface area (Å²) in [7, 11) is 0. The lowest BCUT2D eigenvalue weighted by atomic mass is 9.64. The van der Waals surface area contributed by atoms with Crippen LogP contribution in [-0.4, -0.2) is 39.9 Å². The first kappa shape index (κ1) is 20.6. The fourth-order valence-corrected chi connectivity index (χ4v) is 5.64. The Labute approximate surface area is 178 Å². The van der Waals surface area contributed by atoms with E-state index in [1.807, 2.05) is 0 Å². The number of furan rings is 1. The van der Waals surface area contributed by atoms with Crippen LogP contribution < -0.4 is 5.32 Å². The molecule has 9 heteroatoms. The van der Waals surface area contributed by atoms with Gasteiger partial charge in [0, 0.05) is 5.38 Å². The average molecular weight is 432 g/mol. The van der Waals surface area contributed by atoms with E-state index in [9.17, 15) is 14.4 Å². The van der Waals surface area contributed by atoms with E-state index in [1.165, 1.54) is 11.3 Å². The predicted molar refractivity (Wildman–Crippen MR) is 109 cm³/mol. The molecule has 1 aliphatic heterocycles. The summed E-state index contributed by atoms with van der Waals surface area (Å²) < 4.78 is 10.6. The maximum absolute atomic E-state index is 13.1. The first-order valence-corrected chi connectivity index (χ1v) is 10.8. The summed E-state index contributed by atoms with van der Waals surface area (Å²) in [4.78, 5) is 43.2. The lowest BCUT2D eigenvalue weighted by Crippen LogP contribution is -2.54. The van der Waals surface area contributed by atoms with Gasteiger partial charge in [-0.15, -0.1) is 11.3 Å². The number of urea groups is 1. The number of imide groups is 1.